The van der Waals surface area contributed by atoms with Gasteiger partial charge < -0.3 is 10.1 Å². The minimum atomic E-state index is -0.417. The molecule has 2 rings (SSSR count). The lowest BCUT2D eigenvalue weighted by Crippen LogP contribution is -2.14. The van der Waals surface area contributed by atoms with Crippen molar-refractivity contribution in [3.8, 4) is 5.75 Å². The number of pyridine rings is 1. The zero-order valence-corrected chi connectivity index (χ0v) is 13.1. The van der Waals surface area contributed by atoms with E-state index in [4.69, 9.17) is 27.9 Å². The maximum Gasteiger partial charge on any atom is 0.275 e. The molecule has 2 aromatic rings. The summed E-state index contributed by atoms with van der Waals surface area (Å²) < 4.78 is 5.53. The molecule has 0 fully saturated rings. The predicted octanol–water partition coefficient (Wildman–Crippen LogP) is 4.43. The Labute approximate surface area is 133 Å². The maximum atomic E-state index is 12.1. The molecule has 4 nitrogen and oxygen atoms in total. The number of hydrogen-bond donors (Lipinski definition) is 1. The van der Waals surface area contributed by atoms with Crippen molar-refractivity contribution in [2.45, 2.75) is 20.0 Å². The van der Waals surface area contributed by atoms with Gasteiger partial charge in [0.2, 0.25) is 0 Å². The summed E-state index contributed by atoms with van der Waals surface area (Å²) in [5.74, 6) is 0.321. The van der Waals surface area contributed by atoms with Crippen LogP contribution in [0.15, 0.2) is 36.4 Å². The van der Waals surface area contributed by atoms with Crippen LogP contribution in [0.5, 0.6) is 5.75 Å². The van der Waals surface area contributed by atoms with Gasteiger partial charge in [0.25, 0.3) is 5.91 Å². The van der Waals surface area contributed by atoms with Crippen LogP contribution >= 0.6 is 23.2 Å². The first-order valence-corrected chi connectivity index (χ1v) is 7.11. The Morgan fingerprint density at radius 2 is 1.81 bits per heavy atom. The molecular weight excluding hydrogens is 311 g/mol. The molecule has 21 heavy (non-hydrogen) atoms. The fourth-order valence-corrected chi connectivity index (χ4v) is 2.00. The molecule has 1 amide bonds. The number of halogens is 2. The third-order valence-electron chi connectivity index (χ3n) is 2.51. The Morgan fingerprint density at radius 3 is 2.43 bits per heavy atom. The Hall–Kier alpha value is -1.78. The Bertz CT molecular complexity index is 643. The highest BCUT2D eigenvalue weighted by atomic mass is 35.5. The second-order valence-corrected chi connectivity index (χ2v) is 5.40. The Kier molecular flexibility index (Phi) is 5.04. The van der Waals surface area contributed by atoms with Crippen molar-refractivity contribution in [1.82, 2.24) is 4.98 Å². The van der Waals surface area contributed by atoms with Gasteiger partial charge in [0, 0.05) is 5.69 Å². The lowest BCUT2D eigenvalue weighted by molar-refractivity contribution is 0.102. The van der Waals surface area contributed by atoms with E-state index in [1.165, 1.54) is 12.1 Å². The lowest BCUT2D eigenvalue weighted by atomic mass is 10.2. The van der Waals surface area contributed by atoms with Crippen LogP contribution in [0.2, 0.25) is 10.2 Å². The van der Waals surface area contributed by atoms with Gasteiger partial charge in [-0.25, -0.2) is 4.98 Å². The molecule has 1 N–H and O–H groups in total. The molecule has 0 spiro atoms. The van der Waals surface area contributed by atoms with E-state index in [0.29, 0.717) is 5.69 Å². The quantitative estimate of drug-likeness (QED) is 0.846. The molecule has 0 unspecified atom stereocenters. The predicted molar refractivity (Wildman–Crippen MR) is 84.4 cm³/mol. The lowest BCUT2D eigenvalue weighted by Gasteiger charge is -2.11. The van der Waals surface area contributed by atoms with Crippen LogP contribution in [0.25, 0.3) is 0 Å². The molecule has 0 radical (unpaired) electrons. The number of nitrogens with zero attached hydrogens (tertiary/aromatic N) is 1. The first kappa shape index (κ1) is 15.6. The molecule has 0 bridgehead atoms. The monoisotopic (exact) mass is 324 g/mol. The summed E-state index contributed by atoms with van der Waals surface area (Å²) in [6, 6.07) is 10.1. The van der Waals surface area contributed by atoms with Crippen LogP contribution in [-0.2, 0) is 0 Å². The van der Waals surface area contributed by atoms with Crippen molar-refractivity contribution < 1.29 is 9.53 Å². The summed E-state index contributed by atoms with van der Waals surface area (Å²) in [7, 11) is 0. The number of benzene rings is 1. The minimum Gasteiger partial charge on any atom is -0.491 e. The topological polar surface area (TPSA) is 51.2 Å². The second-order valence-electron chi connectivity index (χ2n) is 4.61. The van der Waals surface area contributed by atoms with Crippen LogP contribution in [0.1, 0.15) is 24.3 Å². The van der Waals surface area contributed by atoms with Gasteiger partial charge in [-0.15, -0.1) is 0 Å². The number of amides is 1. The van der Waals surface area contributed by atoms with E-state index in [9.17, 15) is 4.79 Å². The Morgan fingerprint density at radius 1 is 1.14 bits per heavy atom. The summed E-state index contributed by atoms with van der Waals surface area (Å²) in [4.78, 5) is 16.0. The molecule has 0 saturated carbocycles. The molecule has 0 aliphatic heterocycles. The van der Waals surface area contributed by atoms with Gasteiger partial charge in [-0.3, -0.25) is 4.79 Å². The van der Waals surface area contributed by atoms with E-state index >= 15 is 0 Å². The maximum absolute atomic E-state index is 12.1. The highest BCUT2D eigenvalue weighted by Crippen LogP contribution is 2.20. The average molecular weight is 325 g/mol. The van der Waals surface area contributed by atoms with E-state index in [-0.39, 0.29) is 22.0 Å². The van der Waals surface area contributed by atoms with E-state index in [1.807, 2.05) is 13.8 Å². The smallest absolute Gasteiger partial charge is 0.275 e. The van der Waals surface area contributed by atoms with Crippen LogP contribution in [0, 0.1) is 0 Å². The normalized spacial score (nSPS) is 10.5. The van der Waals surface area contributed by atoms with Crippen LogP contribution in [0.4, 0.5) is 5.69 Å². The number of carbonyl (C=O) groups excluding carboxylic acids is 1. The number of hydrogen-bond acceptors (Lipinski definition) is 3. The van der Waals surface area contributed by atoms with Crippen molar-refractivity contribution in [3.63, 3.8) is 0 Å². The largest absolute Gasteiger partial charge is 0.491 e. The summed E-state index contributed by atoms with van der Waals surface area (Å²) in [5, 5.41) is 3.17. The molecule has 0 atom stereocenters. The van der Waals surface area contributed by atoms with Crippen molar-refractivity contribution in [2.75, 3.05) is 5.32 Å². The van der Waals surface area contributed by atoms with E-state index in [1.54, 1.807) is 24.3 Å². The zero-order valence-electron chi connectivity index (χ0n) is 11.6. The molecule has 6 heteroatoms. The third kappa shape index (κ3) is 4.34. The molecule has 1 aromatic carbocycles. The summed E-state index contributed by atoms with van der Waals surface area (Å²) >= 11 is 11.7. The van der Waals surface area contributed by atoms with Crippen LogP contribution in [0.3, 0.4) is 0 Å². The Balaban J connectivity index is 2.10. The molecule has 0 aliphatic rings. The van der Waals surface area contributed by atoms with Crippen molar-refractivity contribution in [2.24, 2.45) is 0 Å². The van der Waals surface area contributed by atoms with E-state index < -0.39 is 5.91 Å². The van der Waals surface area contributed by atoms with Crippen molar-refractivity contribution in [3.05, 3.63) is 52.3 Å². The highest BCUT2D eigenvalue weighted by molar-refractivity contribution is 6.35. The number of ether oxygens (including phenoxy) is 1. The summed E-state index contributed by atoms with van der Waals surface area (Å²) in [6.07, 6.45) is 0.0971. The standard InChI is InChI=1S/C15H14Cl2N2O2/c1-9(2)21-11-5-3-10(4-6-11)18-15(20)14-12(16)7-8-13(17)19-14/h3-9H,1-2H3,(H,18,20). The number of nitrogens with one attached hydrogen (secondary N) is 1. The van der Waals surface area contributed by atoms with Gasteiger partial charge >= 0.3 is 0 Å². The minimum absolute atomic E-state index is 0.0895. The van der Waals surface area contributed by atoms with Crippen molar-refractivity contribution in [1.29, 1.82) is 0 Å². The zero-order chi connectivity index (χ0) is 15.4. The number of carbonyl (C=O) groups is 1. The fourth-order valence-electron chi connectivity index (χ4n) is 1.66. The first-order valence-electron chi connectivity index (χ1n) is 6.36. The number of rotatable bonds is 4. The second kappa shape index (κ2) is 6.78. The molecule has 110 valence electrons. The van der Waals surface area contributed by atoms with Gasteiger partial charge in [-0.1, -0.05) is 23.2 Å². The molecule has 1 heterocycles. The summed E-state index contributed by atoms with van der Waals surface area (Å²) in [5.41, 5.74) is 0.709. The highest BCUT2D eigenvalue weighted by Gasteiger charge is 2.13. The van der Waals surface area contributed by atoms with Crippen molar-refractivity contribution >= 4 is 34.8 Å². The van der Waals surface area contributed by atoms with Crippen LogP contribution < -0.4 is 10.1 Å². The van der Waals surface area contributed by atoms with E-state index in [0.717, 1.165) is 5.75 Å². The summed E-state index contributed by atoms with van der Waals surface area (Å²) in [6.45, 7) is 3.89. The molecule has 0 aliphatic carbocycles. The van der Waals surface area contributed by atoms with Gasteiger partial charge in [0.1, 0.15) is 16.6 Å². The number of anilines is 1. The molecule has 1 aromatic heterocycles. The van der Waals surface area contributed by atoms with E-state index in [2.05, 4.69) is 10.3 Å². The fraction of sp³-hybridized carbons (Fsp3) is 0.200. The average Bonchev–Trinajstić information content (AvgIpc) is 2.43. The van der Waals surface area contributed by atoms with Gasteiger partial charge in [-0.05, 0) is 50.2 Å². The first-order chi connectivity index (χ1) is 9.95. The molecular formula is C15H14Cl2N2O2. The van der Waals surface area contributed by atoms with Gasteiger partial charge in [0.05, 0.1) is 11.1 Å². The third-order valence-corrected chi connectivity index (χ3v) is 3.03. The molecule has 0 saturated heterocycles. The van der Waals surface area contributed by atoms with Gasteiger partial charge in [0.15, 0.2) is 0 Å². The SMILES string of the molecule is CC(C)Oc1ccc(NC(=O)c2nc(Cl)ccc2Cl)cc1. The van der Waals surface area contributed by atoms with Crippen LogP contribution in [-0.4, -0.2) is 17.0 Å². The van der Waals surface area contributed by atoms with Gasteiger partial charge in [-0.2, -0.15) is 0 Å². The number of aromatic nitrogens is 1.